The Morgan fingerprint density at radius 2 is 1.89 bits per heavy atom. The third-order valence-corrected chi connectivity index (χ3v) is 5.24. The number of carbonyl (C=O) groups excluding carboxylic acids is 1. The average Bonchev–Trinajstić information content (AvgIpc) is 3.24. The summed E-state index contributed by atoms with van der Waals surface area (Å²) in [5.74, 6) is 1.91. The van der Waals surface area contributed by atoms with Crippen LogP contribution >= 0.6 is 0 Å². The molecule has 6 heteroatoms. The summed E-state index contributed by atoms with van der Waals surface area (Å²) in [5.41, 5.74) is 3.47. The van der Waals surface area contributed by atoms with Crippen molar-refractivity contribution in [1.82, 2.24) is 10.1 Å². The zero-order valence-electron chi connectivity index (χ0n) is 16.1. The van der Waals surface area contributed by atoms with E-state index in [2.05, 4.69) is 11.2 Å². The minimum atomic E-state index is -0.140. The maximum atomic E-state index is 13.1. The van der Waals surface area contributed by atoms with Crippen molar-refractivity contribution in [2.75, 3.05) is 20.8 Å². The first-order valence-corrected chi connectivity index (χ1v) is 9.19. The highest BCUT2D eigenvalue weighted by molar-refractivity contribution is 5.93. The minimum Gasteiger partial charge on any atom is -0.497 e. The van der Waals surface area contributed by atoms with E-state index in [9.17, 15) is 4.79 Å². The number of rotatable bonds is 4. The molecule has 2 heterocycles. The lowest BCUT2D eigenvalue weighted by Gasteiger charge is -2.35. The standard InChI is InChI=1S/C22H22N2O4/c1-14-19-12-18(27-3)8-7-15(19)9-10-24(14)22(25)20-13-21(28-23-20)16-5-4-6-17(11-16)26-2/h4-8,11-14H,9-10H2,1-3H3. The van der Waals surface area contributed by atoms with Gasteiger partial charge in [-0.15, -0.1) is 0 Å². The van der Waals surface area contributed by atoms with Gasteiger partial charge in [0.15, 0.2) is 11.5 Å². The van der Waals surface area contributed by atoms with Crippen LogP contribution in [0.15, 0.2) is 53.1 Å². The van der Waals surface area contributed by atoms with Crippen molar-refractivity contribution in [2.24, 2.45) is 0 Å². The maximum Gasteiger partial charge on any atom is 0.276 e. The van der Waals surface area contributed by atoms with Crippen LogP contribution in [0.4, 0.5) is 0 Å². The fraction of sp³-hybridized carbons (Fsp3) is 0.273. The van der Waals surface area contributed by atoms with Crippen LogP contribution in [0.2, 0.25) is 0 Å². The highest BCUT2D eigenvalue weighted by atomic mass is 16.5. The molecule has 0 spiro atoms. The van der Waals surface area contributed by atoms with Gasteiger partial charge in [0.1, 0.15) is 11.5 Å². The number of ether oxygens (including phenoxy) is 2. The molecule has 0 saturated heterocycles. The number of hydrogen-bond acceptors (Lipinski definition) is 5. The Labute approximate surface area is 163 Å². The normalized spacial score (nSPS) is 15.8. The first-order chi connectivity index (χ1) is 13.6. The molecular formula is C22H22N2O4. The topological polar surface area (TPSA) is 64.8 Å². The van der Waals surface area contributed by atoms with Gasteiger partial charge in [-0.2, -0.15) is 0 Å². The second-order valence-electron chi connectivity index (χ2n) is 6.80. The fourth-order valence-corrected chi connectivity index (χ4v) is 3.63. The van der Waals surface area contributed by atoms with Crippen molar-refractivity contribution in [1.29, 1.82) is 0 Å². The Hall–Kier alpha value is -3.28. The Kier molecular flexibility index (Phi) is 4.77. The second kappa shape index (κ2) is 7.38. The van der Waals surface area contributed by atoms with E-state index in [-0.39, 0.29) is 11.9 Å². The van der Waals surface area contributed by atoms with E-state index in [4.69, 9.17) is 14.0 Å². The van der Waals surface area contributed by atoms with Gasteiger partial charge in [0, 0.05) is 18.2 Å². The molecule has 4 rings (SSSR count). The number of fused-ring (bicyclic) bond motifs is 1. The molecule has 1 aliphatic rings. The Balaban J connectivity index is 1.59. The van der Waals surface area contributed by atoms with Crippen LogP contribution in [0, 0.1) is 0 Å². The van der Waals surface area contributed by atoms with E-state index in [0.717, 1.165) is 29.0 Å². The molecule has 2 aromatic carbocycles. The van der Waals surface area contributed by atoms with Gasteiger partial charge in [-0.1, -0.05) is 23.4 Å². The van der Waals surface area contributed by atoms with E-state index in [1.807, 2.05) is 48.2 Å². The van der Waals surface area contributed by atoms with Crippen molar-refractivity contribution in [3.63, 3.8) is 0 Å². The van der Waals surface area contributed by atoms with Gasteiger partial charge < -0.3 is 18.9 Å². The number of hydrogen-bond donors (Lipinski definition) is 0. The maximum absolute atomic E-state index is 13.1. The number of aromatic nitrogens is 1. The van der Waals surface area contributed by atoms with Crippen LogP contribution in [0.25, 0.3) is 11.3 Å². The van der Waals surface area contributed by atoms with Crippen LogP contribution < -0.4 is 9.47 Å². The average molecular weight is 378 g/mol. The summed E-state index contributed by atoms with van der Waals surface area (Å²) in [5, 5.41) is 4.02. The van der Waals surface area contributed by atoms with Crippen LogP contribution in [-0.2, 0) is 6.42 Å². The summed E-state index contributed by atoms with van der Waals surface area (Å²) in [7, 11) is 3.26. The van der Waals surface area contributed by atoms with Gasteiger partial charge in [0.2, 0.25) is 0 Å². The number of benzene rings is 2. The van der Waals surface area contributed by atoms with Crippen molar-refractivity contribution < 1.29 is 18.8 Å². The smallest absolute Gasteiger partial charge is 0.276 e. The van der Waals surface area contributed by atoms with Crippen molar-refractivity contribution >= 4 is 5.91 Å². The van der Waals surface area contributed by atoms with E-state index >= 15 is 0 Å². The molecule has 0 N–H and O–H groups in total. The number of carbonyl (C=O) groups is 1. The molecule has 0 saturated carbocycles. The van der Waals surface area contributed by atoms with E-state index < -0.39 is 0 Å². The summed E-state index contributed by atoms with van der Waals surface area (Å²) in [6, 6.07) is 15.1. The van der Waals surface area contributed by atoms with Crippen LogP contribution in [0.5, 0.6) is 11.5 Å². The van der Waals surface area contributed by atoms with Crippen molar-refractivity contribution in [3.05, 3.63) is 65.4 Å². The number of nitrogens with zero attached hydrogens (tertiary/aromatic N) is 2. The van der Waals surface area contributed by atoms with Gasteiger partial charge in [-0.05, 0) is 48.7 Å². The molecule has 0 bridgehead atoms. The first-order valence-electron chi connectivity index (χ1n) is 9.19. The van der Waals surface area contributed by atoms with Crippen LogP contribution in [0.3, 0.4) is 0 Å². The van der Waals surface area contributed by atoms with Gasteiger partial charge in [0.05, 0.1) is 20.3 Å². The van der Waals surface area contributed by atoms with Crippen molar-refractivity contribution in [3.8, 4) is 22.8 Å². The zero-order chi connectivity index (χ0) is 19.7. The first kappa shape index (κ1) is 18.1. The third kappa shape index (κ3) is 3.22. The highest BCUT2D eigenvalue weighted by Crippen LogP contribution is 2.33. The van der Waals surface area contributed by atoms with E-state index in [0.29, 0.717) is 18.0 Å². The summed E-state index contributed by atoms with van der Waals surface area (Å²) in [6.07, 6.45) is 0.802. The molecular weight excluding hydrogens is 356 g/mol. The summed E-state index contributed by atoms with van der Waals surface area (Å²) < 4.78 is 16.0. The Morgan fingerprint density at radius 3 is 2.68 bits per heavy atom. The molecule has 1 aromatic heterocycles. The molecule has 28 heavy (non-hydrogen) atoms. The Bertz CT molecular complexity index is 1010. The molecule has 1 unspecified atom stereocenters. The monoisotopic (exact) mass is 378 g/mol. The van der Waals surface area contributed by atoms with Gasteiger partial charge in [-0.25, -0.2) is 0 Å². The van der Waals surface area contributed by atoms with Gasteiger partial charge >= 0.3 is 0 Å². The molecule has 0 radical (unpaired) electrons. The summed E-state index contributed by atoms with van der Waals surface area (Å²) in [6.45, 7) is 2.67. The zero-order valence-corrected chi connectivity index (χ0v) is 16.1. The molecule has 1 atom stereocenters. The van der Waals surface area contributed by atoms with E-state index in [1.54, 1.807) is 20.3 Å². The lowest BCUT2D eigenvalue weighted by Crippen LogP contribution is -2.39. The van der Waals surface area contributed by atoms with E-state index in [1.165, 1.54) is 5.56 Å². The highest BCUT2D eigenvalue weighted by Gasteiger charge is 2.30. The third-order valence-electron chi connectivity index (χ3n) is 5.24. The lowest BCUT2D eigenvalue weighted by molar-refractivity contribution is 0.0667. The largest absolute Gasteiger partial charge is 0.497 e. The summed E-state index contributed by atoms with van der Waals surface area (Å²) >= 11 is 0. The predicted octanol–water partition coefficient (Wildman–Crippen LogP) is 4.12. The lowest BCUT2D eigenvalue weighted by atomic mass is 9.93. The minimum absolute atomic E-state index is 0.0664. The second-order valence-corrected chi connectivity index (χ2v) is 6.80. The molecule has 0 fully saturated rings. The van der Waals surface area contributed by atoms with Crippen LogP contribution in [-0.4, -0.2) is 36.7 Å². The van der Waals surface area contributed by atoms with Crippen LogP contribution in [0.1, 0.15) is 34.6 Å². The molecule has 1 aliphatic heterocycles. The Morgan fingerprint density at radius 1 is 1.11 bits per heavy atom. The molecule has 3 aromatic rings. The summed E-state index contributed by atoms with van der Waals surface area (Å²) in [4.78, 5) is 14.9. The van der Waals surface area contributed by atoms with Gasteiger partial charge in [0.25, 0.3) is 5.91 Å². The molecule has 6 nitrogen and oxygen atoms in total. The molecule has 144 valence electrons. The number of amides is 1. The number of methoxy groups -OCH3 is 2. The molecule has 1 amide bonds. The van der Waals surface area contributed by atoms with Gasteiger partial charge in [-0.3, -0.25) is 4.79 Å². The fourth-order valence-electron chi connectivity index (χ4n) is 3.63. The molecule has 0 aliphatic carbocycles. The predicted molar refractivity (Wildman–Crippen MR) is 105 cm³/mol. The SMILES string of the molecule is COc1cccc(-c2cc(C(=O)N3CCc4ccc(OC)cc4C3C)no2)c1. The quantitative estimate of drug-likeness (QED) is 0.683. The van der Waals surface area contributed by atoms with Crippen molar-refractivity contribution in [2.45, 2.75) is 19.4 Å².